The third-order valence-corrected chi connectivity index (χ3v) is 5.52. The predicted molar refractivity (Wildman–Crippen MR) is 82.0 cm³/mol. The Balaban J connectivity index is 1.86. The molecule has 0 saturated heterocycles. The molecule has 3 aliphatic rings. The van der Waals surface area contributed by atoms with Gasteiger partial charge in [-0.3, -0.25) is 4.79 Å². The number of amides is 1. The highest BCUT2D eigenvalue weighted by Crippen LogP contribution is 2.49. The summed E-state index contributed by atoms with van der Waals surface area (Å²) in [6.07, 6.45) is 3.74. The van der Waals surface area contributed by atoms with Crippen molar-refractivity contribution in [1.82, 2.24) is 0 Å². The second-order valence-corrected chi connectivity index (χ2v) is 6.80. The molecule has 1 aromatic rings. The maximum Gasteiger partial charge on any atom is 0.228 e. The van der Waals surface area contributed by atoms with Crippen molar-refractivity contribution >= 4 is 17.6 Å². The monoisotopic (exact) mass is 300 g/mol. The van der Waals surface area contributed by atoms with Gasteiger partial charge in [0.1, 0.15) is 0 Å². The van der Waals surface area contributed by atoms with E-state index in [4.69, 9.17) is 0 Å². The van der Waals surface area contributed by atoms with Gasteiger partial charge in [0.25, 0.3) is 0 Å². The molecule has 0 radical (unpaired) electrons. The number of anilines is 1. The van der Waals surface area contributed by atoms with Gasteiger partial charge in [-0.25, -0.2) is 0 Å². The van der Waals surface area contributed by atoms with E-state index in [0.717, 1.165) is 42.5 Å². The molecular weight excluding hydrogens is 278 g/mol. The van der Waals surface area contributed by atoms with Crippen molar-refractivity contribution in [2.75, 3.05) is 5.32 Å². The van der Waals surface area contributed by atoms with Crippen LogP contribution in [0.15, 0.2) is 18.2 Å². The van der Waals surface area contributed by atoms with Crippen molar-refractivity contribution in [3.05, 3.63) is 29.3 Å². The standard InChI is InChI=1S/C18H23NO3/c1-10-4-3-5-11(2)16(10)19-17(20)14-12-6-8-13(9-7-12)15(14)18(21)22/h3-5,12-15H,6-9H2,1-2H3,(H,19,20)(H,21,22)/p-1/t12?,13?,14-,15-/m1/s1. The number of hydrogen-bond donors (Lipinski definition) is 1. The Hall–Kier alpha value is -1.84. The summed E-state index contributed by atoms with van der Waals surface area (Å²) in [5, 5.41) is 14.5. The van der Waals surface area contributed by atoms with Gasteiger partial charge in [0.05, 0.1) is 0 Å². The molecule has 0 aromatic heterocycles. The van der Waals surface area contributed by atoms with E-state index in [1.807, 2.05) is 32.0 Å². The third kappa shape index (κ3) is 2.51. The summed E-state index contributed by atoms with van der Waals surface area (Å²) in [4.78, 5) is 24.3. The van der Waals surface area contributed by atoms with Gasteiger partial charge >= 0.3 is 0 Å². The fourth-order valence-electron chi connectivity index (χ4n) is 4.38. The first-order chi connectivity index (χ1) is 10.5. The lowest BCUT2D eigenvalue weighted by atomic mass is 9.58. The molecule has 0 unspecified atom stereocenters. The van der Waals surface area contributed by atoms with Crippen LogP contribution >= 0.6 is 0 Å². The van der Waals surface area contributed by atoms with Gasteiger partial charge in [0.2, 0.25) is 5.91 Å². The molecule has 3 saturated carbocycles. The van der Waals surface area contributed by atoms with E-state index in [0.29, 0.717) is 0 Å². The van der Waals surface area contributed by atoms with Crippen molar-refractivity contribution < 1.29 is 14.7 Å². The lowest BCUT2D eigenvalue weighted by molar-refractivity contribution is -0.318. The fourth-order valence-corrected chi connectivity index (χ4v) is 4.38. The van der Waals surface area contributed by atoms with Crippen LogP contribution in [0.1, 0.15) is 36.8 Å². The molecule has 22 heavy (non-hydrogen) atoms. The number of aryl methyl sites for hydroxylation is 2. The molecule has 118 valence electrons. The van der Waals surface area contributed by atoms with Crippen LogP contribution < -0.4 is 10.4 Å². The van der Waals surface area contributed by atoms with E-state index in [1.54, 1.807) is 0 Å². The van der Waals surface area contributed by atoms with E-state index in [1.165, 1.54) is 0 Å². The number of aliphatic carboxylic acids is 1. The first-order valence-electron chi connectivity index (χ1n) is 8.07. The average Bonchev–Trinajstić information content (AvgIpc) is 2.51. The Morgan fingerprint density at radius 1 is 1.00 bits per heavy atom. The van der Waals surface area contributed by atoms with E-state index >= 15 is 0 Å². The molecule has 1 N–H and O–H groups in total. The Labute approximate surface area is 130 Å². The molecule has 4 rings (SSSR count). The van der Waals surface area contributed by atoms with Crippen LogP contribution in [-0.2, 0) is 9.59 Å². The first-order valence-corrected chi connectivity index (χ1v) is 8.07. The highest BCUT2D eigenvalue weighted by atomic mass is 16.4. The van der Waals surface area contributed by atoms with Gasteiger partial charge in [-0.1, -0.05) is 18.2 Å². The summed E-state index contributed by atoms with van der Waals surface area (Å²) in [6, 6.07) is 5.85. The highest BCUT2D eigenvalue weighted by molar-refractivity contribution is 5.96. The van der Waals surface area contributed by atoms with Crippen LogP contribution in [0, 0.1) is 37.5 Å². The van der Waals surface area contributed by atoms with Crippen LogP contribution in [0.4, 0.5) is 5.69 Å². The topological polar surface area (TPSA) is 69.2 Å². The number of benzene rings is 1. The molecule has 2 atom stereocenters. The van der Waals surface area contributed by atoms with Gasteiger partial charge in [0, 0.05) is 23.5 Å². The molecule has 0 spiro atoms. The minimum atomic E-state index is -1.06. The van der Waals surface area contributed by atoms with Crippen LogP contribution in [-0.4, -0.2) is 11.9 Å². The number of carboxylic acids is 1. The molecule has 0 aliphatic heterocycles. The average molecular weight is 300 g/mol. The van der Waals surface area contributed by atoms with Gasteiger partial charge < -0.3 is 15.2 Å². The summed E-state index contributed by atoms with van der Waals surface area (Å²) < 4.78 is 0. The Kier molecular flexibility index (Phi) is 3.94. The second-order valence-electron chi connectivity index (χ2n) is 6.80. The predicted octanol–water partition coefficient (Wildman–Crippen LogP) is 2.04. The molecule has 4 heteroatoms. The summed E-state index contributed by atoms with van der Waals surface area (Å²) in [6.45, 7) is 3.90. The number of carbonyl (C=O) groups excluding carboxylic acids is 2. The zero-order chi connectivity index (χ0) is 15.9. The molecule has 3 fully saturated rings. The Morgan fingerprint density at radius 2 is 1.50 bits per heavy atom. The summed E-state index contributed by atoms with van der Waals surface area (Å²) in [5.74, 6) is -2.01. The van der Waals surface area contributed by atoms with E-state index in [2.05, 4.69) is 5.32 Å². The van der Waals surface area contributed by atoms with E-state index in [9.17, 15) is 14.7 Å². The van der Waals surface area contributed by atoms with Crippen LogP contribution in [0.3, 0.4) is 0 Å². The van der Waals surface area contributed by atoms with E-state index in [-0.39, 0.29) is 17.7 Å². The summed E-state index contributed by atoms with van der Waals surface area (Å²) >= 11 is 0. The highest BCUT2D eigenvalue weighted by Gasteiger charge is 2.47. The number of rotatable bonds is 3. The van der Waals surface area contributed by atoms with E-state index < -0.39 is 17.8 Å². The molecule has 2 bridgehead atoms. The largest absolute Gasteiger partial charge is 0.550 e. The summed E-state index contributed by atoms with van der Waals surface area (Å²) in [7, 11) is 0. The van der Waals surface area contributed by atoms with Crippen molar-refractivity contribution in [2.45, 2.75) is 39.5 Å². The number of fused-ring (bicyclic) bond motifs is 3. The van der Waals surface area contributed by atoms with Gasteiger partial charge in [-0.2, -0.15) is 0 Å². The molecule has 3 aliphatic carbocycles. The van der Waals surface area contributed by atoms with Crippen LogP contribution in [0.5, 0.6) is 0 Å². The second kappa shape index (κ2) is 5.75. The van der Waals surface area contributed by atoms with Crippen LogP contribution in [0.25, 0.3) is 0 Å². The molecule has 4 nitrogen and oxygen atoms in total. The van der Waals surface area contributed by atoms with Crippen LogP contribution in [0.2, 0.25) is 0 Å². The number of carboxylic acid groups (broad SMARTS) is 1. The Morgan fingerprint density at radius 3 is 2.00 bits per heavy atom. The Bertz CT molecular complexity index is 582. The maximum atomic E-state index is 12.8. The quantitative estimate of drug-likeness (QED) is 0.928. The van der Waals surface area contributed by atoms with Crippen molar-refractivity contribution in [2.24, 2.45) is 23.7 Å². The van der Waals surface area contributed by atoms with Gasteiger partial charge in [-0.05, 0) is 62.5 Å². The maximum absolute atomic E-state index is 12.8. The van der Waals surface area contributed by atoms with Gasteiger partial charge in [0.15, 0.2) is 0 Å². The zero-order valence-electron chi connectivity index (χ0n) is 13.1. The molecular formula is C18H22NO3-. The minimum absolute atomic E-state index is 0.101. The normalized spacial score (nSPS) is 30.1. The number of para-hydroxylation sites is 1. The summed E-state index contributed by atoms with van der Waals surface area (Å²) in [5.41, 5.74) is 2.81. The van der Waals surface area contributed by atoms with Crippen molar-refractivity contribution in [1.29, 1.82) is 0 Å². The third-order valence-electron chi connectivity index (χ3n) is 5.52. The van der Waals surface area contributed by atoms with Crippen molar-refractivity contribution in [3.63, 3.8) is 0 Å². The number of nitrogens with one attached hydrogen (secondary N) is 1. The molecule has 1 aromatic carbocycles. The first kappa shape index (κ1) is 15.1. The minimum Gasteiger partial charge on any atom is -0.550 e. The number of carbonyl (C=O) groups is 2. The smallest absolute Gasteiger partial charge is 0.228 e. The fraction of sp³-hybridized carbons (Fsp3) is 0.556. The lowest BCUT2D eigenvalue weighted by Gasteiger charge is -2.48. The van der Waals surface area contributed by atoms with Gasteiger partial charge in [-0.15, -0.1) is 0 Å². The molecule has 1 amide bonds. The van der Waals surface area contributed by atoms with Crippen molar-refractivity contribution in [3.8, 4) is 0 Å². The number of hydrogen-bond acceptors (Lipinski definition) is 3. The SMILES string of the molecule is Cc1cccc(C)c1NC(=O)[C@@H]1C2CCC(CC2)[C@H]1C(=O)[O-]. The zero-order valence-corrected chi connectivity index (χ0v) is 13.1. The molecule has 0 heterocycles. The lowest BCUT2D eigenvalue weighted by Crippen LogP contribution is -2.52.